The molecule has 0 radical (unpaired) electrons. The van der Waals surface area contributed by atoms with Crippen molar-refractivity contribution in [1.29, 1.82) is 0 Å². The number of aryl methyl sites for hydroxylation is 2. The Balaban J connectivity index is 1.35. The Kier molecular flexibility index (Phi) is 7.60. The Morgan fingerprint density at radius 1 is 1.15 bits per heavy atom. The van der Waals surface area contributed by atoms with Crippen LogP contribution < -0.4 is 4.90 Å². The number of ether oxygens (including phenoxy) is 1. The Bertz CT molecular complexity index is 978. The molecule has 33 heavy (non-hydrogen) atoms. The maximum atomic E-state index is 13.3. The number of hydrogen-bond acceptors (Lipinski definition) is 5. The third-order valence-electron chi connectivity index (χ3n) is 6.43. The van der Waals surface area contributed by atoms with Gasteiger partial charge >= 0.3 is 0 Å². The summed E-state index contributed by atoms with van der Waals surface area (Å²) in [5.41, 5.74) is 1.57. The van der Waals surface area contributed by atoms with Gasteiger partial charge in [-0.05, 0) is 44.9 Å². The molecule has 4 rings (SSSR count). The highest BCUT2D eigenvalue weighted by Gasteiger charge is 2.28. The van der Waals surface area contributed by atoms with E-state index in [1.165, 1.54) is 0 Å². The summed E-state index contributed by atoms with van der Waals surface area (Å²) in [6.45, 7) is 7.98. The average molecular weight is 474 g/mol. The van der Waals surface area contributed by atoms with E-state index in [1.807, 2.05) is 36.1 Å². The van der Waals surface area contributed by atoms with Crippen LogP contribution >= 0.6 is 11.6 Å². The summed E-state index contributed by atoms with van der Waals surface area (Å²) in [6, 6.07) is 9.56. The molecule has 2 aliphatic rings. The number of nitrogens with zero attached hydrogens (tertiary/aromatic N) is 3. The number of benzene rings is 1. The second-order valence-electron chi connectivity index (χ2n) is 8.78. The second kappa shape index (κ2) is 10.6. The van der Waals surface area contributed by atoms with Crippen LogP contribution in [-0.4, -0.2) is 73.6 Å². The molecular weight excluding hydrogens is 442 g/mol. The molecule has 2 fully saturated rings. The monoisotopic (exact) mass is 473 g/mol. The third kappa shape index (κ3) is 5.71. The number of halogens is 1. The summed E-state index contributed by atoms with van der Waals surface area (Å²) in [5.74, 6) is 1.28. The van der Waals surface area contributed by atoms with E-state index in [0.29, 0.717) is 49.7 Å². The fourth-order valence-electron chi connectivity index (χ4n) is 4.62. The standard InChI is InChI=1S/C25H32ClN3O4/c1-18-16-21(19(2)33-18)25(31)29(17-20-6-5-15-32-20)10-9-24(30)28-13-11-27(12-14-28)23-8-4-3-7-22(23)26/h3-4,7-8,16,20H,5-6,9-15,17H2,1-2H3. The molecule has 1 unspecified atom stereocenters. The minimum atomic E-state index is -0.101. The van der Waals surface area contributed by atoms with Crippen LogP contribution in [0.1, 0.15) is 41.1 Å². The molecule has 3 heterocycles. The number of furan rings is 1. The van der Waals surface area contributed by atoms with Gasteiger partial charge in [0.1, 0.15) is 11.5 Å². The van der Waals surface area contributed by atoms with E-state index in [9.17, 15) is 9.59 Å². The van der Waals surface area contributed by atoms with Crippen molar-refractivity contribution in [2.45, 2.75) is 39.2 Å². The van der Waals surface area contributed by atoms with Crippen molar-refractivity contribution in [2.24, 2.45) is 0 Å². The van der Waals surface area contributed by atoms with Crippen LogP contribution in [0.5, 0.6) is 0 Å². The summed E-state index contributed by atoms with van der Waals surface area (Å²) in [4.78, 5) is 32.1. The van der Waals surface area contributed by atoms with Gasteiger partial charge in [0.25, 0.3) is 5.91 Å². The van der Waals surface area contributed by atoms with Gasteiger partial charge in [0, 0.05) is 52.3 Å². The number of amides is 2. The van der Waals surface area contributed by atoms with Gasteiger partial charge in [-0.2, -0.15) is 0 Å². The number of carbonyl (C=O) groups excluding carboxylic acids is 2. The van der Waals surface area contributed by atoms with Crippen molar-refractivity contribution in [3.05, 3.63) is 52.4 Å². The Morgan fingerprint density at radius 3 is 2.55 bits per heavy atom. The summed E-state index contributed by atoms with van der Waals surface area (Å²) < 4.78 is 11.3. The predicted molar refractivity (Wildman–Crippen MR) is 128 cm³/mol. The molecule has 7 nitrogen and oxygen atoms in total. The average Bonchev–Trinajstić information content (AvgIpc) is 3.45. The van der Waals surface area contributed by atoms with E-state index in [0.717, 1.165) is 43.2 Å². The van der Waals surface area contributed by atoms with Crippen LogP contribution in [0, 0.1) is 13.8 Å². The van der Waals surface area contributed by atoms with Gasteiger partial charge in [-0.3, -0.25) is 9.59 Å². The SMILES string of the molecule is Cc1cc(C(=O)N(CCC(=O)N2CCN(c3ccccc3Cl)CC2)CC2CCCO2)c(C)o1. The predicted octanol–water partition coefficient (Wildman–Crippen LogP) is 3.91. The zero-order valence-electron chi connectivity index (χ0n) is 19.4. The van der Waals surface area contributed by atoms with Crippen LogP contribution in [0.4, 0.5) is 5.69 Å². The van der Waals surface area contributed by atoms with Gasteiger partial charge < -0.3 is 23.9 Å². The van der Waals surface area contributed by atoms with Gasteiger partial charge in [0.15, 0.2) is 0 Å². The first-order valence-electron chi connectivity index (χ1n) is 11.7. The molecule has 0 spiro atoms. The highest BCUT2D eigenvalue weighted by Crippen LogP contribution is 2.26. The zero-order chi connectivity index (χ0) is 23.4. The van der Waals surface area contributed by atoms with Crippen molar-refractivity contribution >= 4 is 29.1 Å². The maximum Gasteiger partial charge on any atom is 0.257 e. The van der Waals surface area contributed by atoms with Crippen molar-refractivity contribution in [2.75, 3.05) is 50.8 Å². The minimum Gasteiger partial charge on any atom is -0.466 e. The van der Waals surface area contributed by atoms with Crippen LogP contribution in [0.2, 0.25) is 5.02 Å². The molecule has 2 aromatic rings. The van der Waals surface area contributed by atoms with E-state index in [2.05, 4.69) is 4.90 Å². The minimum absolute atomic E-state index is 0.0246. The van der Waals surface area contributed by atoms with Crippen LogP contribution in [0.3, 0.4) is 0 Å². The molecular formula is C25H32ClN3O4. The summed E-state index contributed by atoms with van der Waals surface area (Å²) in [6.07, 6.45) is 2.26. The first-order valence-corrected chi connectivity index (χ1v) is 12.1. The van der Waals surface area contributed by atoms with Crippen LogP contribution in [-0.2, 0) is 9.53 Å². The van der Waals surface area contributed by atoms with Crippen molar-refractivity contribution in [1.82, 2.24) is 9.80 Å². The molecule has 1 aromatic carbocycles. The van der Waals surface area contributed by atoms with Crippen molar-refractivity contribution < 1.29 is 18.7 Å². The fraction of sp³-hybridized carbons (Fsp3) is 0.520. The Labute approximate surface area is 200 Å². The number of piperazine rings is 1. The van der Waals surface area contributed by atoms with E-state index in [4.69, 9.17) is 20.8 Å². The lowest BCUT2D eigenvalue weighted by atomic mass is 10.1. The van der Waals surface area contributed by atoms with E-state index in [1.54, 1.807) is 17.9 Å². The van der Waals surface area contributed by atoms with E-state index >= 15 is 0 Å². The largest absolute Gasteiger partial charge is 0.466 e. The molecule has 0 bridgehead atoms. The summed E-state index contributed by atoms with van der Waals surface area (Å²) in [5, 5.41) is 0.727. The maximum absolute atomic E-state index is 13.3. The molecule has 178 valence electrons. The summed E-state index contributed by atoms with van der Waals surface area (Å²) in [7, 11) is 0. The quantitative estimate of drug-likeness (QED) is 0.610. The number of para-hydroxylation sites is 1. The van der Waals surface area contributed by atoms with E-state index in [-0.39, 0.29) is 17.9 Å². The third-order valence-corrected chi connectivity index (χ3v) is 6.75. The normalized spacial score (nSPS) is 18.6. The molecule has 0 saturated carbocycles. The molecule has 8 heteroatoms. The second-order valence-corrected chi connectivity index (χ2v) is 9.19. The molecule has 2 amide bonds. The van der Waals surface area contributed by atoms with Gasteiger partial charge in [-0.25, -0.2) is 0 Å². The number of anilines is 1. The molecule has 0 N–H and O–H groups in total. The lowest BCUT2D eigenvalue weighted by Crippen LogP contribution is -2.49. The highest BCUT2D eigenvalue weighted by atomic mass is 35.5. The lowest BCUT2D eigenvalue weighted by molar-refractivity contribution is -0.131. The zero-order valence-corrected chi connectivity index (χ0v) is 20.1. The first-order chi connectivity index (χ1) is 15.9. The number of carbonyl (C=O) groups is 2. The van der Waals surface area contributed by atoms with E-state index < -0.39 is 0 Å². The molecule has 0 aliphatic carbocycles. The van der Waals surface area contributed by atoms with Gasteiger partial charge in [0.05, 0.1) is 22.4 Å². The van der Waals surface area contributed by atoms with Gasteiger partial charge in [-0.15, -0.1) is 0 Å². The molecule has 1 aromatic heterocycles. The van der Waals surface area contributed by atoms with Crippen molar-refractivity contribution in [3.8, 4) is 0 Å². The molecule has 2 aliphatic heterocycles. The lowest BCUT2D eigenvalue weighted by Gasteiger charge is -2.37. The van der Waals surface area contributed by atoms with Crippen LogP contribution in [0.25, 0.3) is 0 Å². The Morgan fingerprint density at radius 2 is 1.91 bits per heavy atom. The first kappa shape index (κ1) is 23.6. The number of hydrogen-bond donors (Lipinski definition) is 0. The highest BCUT2D eigenvalue weighted by molar-refractivity contribution is 6.33. The number of rotatable bonds is 7. The smallest absolute Gasteiger partial charge is 0.257 e. The fourth-order valence-corrected chi connectivity index (χ4v) is 4.87. The molecule has 2 saturated heterocycles. The summed E-state index contributed by atoms with van der Waals surface area (Å²) >= 11 is 6.33. The van der Waals surface area contributed by atoms with Gasteiger partial charge in [0.2, 0.25) is 5.91 Å². The van der Waals surface area contributed by atoms with Crippen LogP contribution in [0.15, 0.2) is 34.7 Å². The Hall–Kier alpha value is -2.51. The van der Waals surface area contributed by atoms with Gasteiger partial charge in [-0.1, -0.05) is 23.7 Å². The van der Waals surface area contributed by atoms with Crippen molar-refractivity contribution in [3.63, 3.8) is 0 Å². The topological polar surface area (TPSA) is 66.2 Å². The molecule has 1 atom stereocenters.